The van der Waals surface area contributed by atoms with Gasteiger partial charge in [0.2, 0.25) is 2.45 Å². The van der Waals surface area contributed by atoms with Crippen LogP contribution in [0.25, 0.3) is 0 Å². The Morgan fingerprint density at radius 1 is 1.40 bits per heavy atom. The van der Waals surface area contributed by atoms with E-state index >= 15 is 0 Å². The maximum Gasteiger partial charge on any atom is 0.202 e. The summed E-state index contributed by atoms with van der Waals surface area (Å²) >= 11 is 6.10. The van der Waals surface area contributed by atoms with Gasteiger partial charge in [-0.15, -0.1) is 0 Å². The molecule has 64 valence electrons. The van der Waals surface area contributed by atoms with E-state index < -0.39 is 0 Å². The number of halogens is 3. The minimum Gasteiger partial charge on any atom is -1.00 e. The third-order valence-electron chi connectivity index (χ3n) is 1.41. The van der Waals surface area contributed by atoms with Crippen LogP contribution in [0.5, 0.6) is 0 Å². The van der Waals surface area contributed by atoms with Gasteiger partial charge in [0.05, 0.1) is 21.1 Å². The summed E-state index contributed by atoms with van der Waals surface area (Å²) in [4.78, 5) is 0. The van der Waals surface area contributed by atoms with Gasteiger partial charge >= 0.3 is 0 Å². The van der Waals surface area contributed by atoms with Gasteiger partial charge < -0.3 is 21.5 Å². The highest BCUT2D eigenvalue weighted by atomic mass is 127. The highest BCUT2D eigenvalue weighted by molar-refractivity contribution is 14.1. The van der Waals surface area contributed by atoms with E-state index in [1.807, 2.05) is 0 Å². The van der Waals surface area contributed by atoms with E-state index in [9.17, 15) is 0 Å². The lowest BCUT2D eigenvalue weighted by molar-refractivity contribution is -0.884. The highest BCUT2D eigenvalue weighted by Gasteiger charge is 2.34. The zero-order valence-electron chi connectivity index (χ0n) is 6.79. The molecular formula is C6H14Br2IN. The standard InChI is InChI=1S/C6H14BrIN.BrH/c1-5-6(7,8)9(2,3)4;/h5H2,1-4H3;1H/q+1;/p-1. The lowest BCUT2D eigenvalue weighted by atomic mass is 10.4. The van der Waals surface area contributed by atoms with E-state index in [4.69, 9.17) is 0 Å². The Labute approximate surface area is 96.2 Å². The topological polar surface area (TPSA) is 0 Å². The summed E-state index contributed by atoms with van der Waals surface area (Å²) in [7, 11) is 6.56. The van der Waals surface area contributed by atoms with E-state index in [-0.39, 0.29) is 19.4 Å². The van der Waals surface area contributed by atoms with Gasteiger partial charge in [0.1, 0.15) is 0 Å². The largest absolute Gasteiger partial charge is 1.00 e. The highest BCUT2D eigenvalue weighted by Crippen LogP contribution is 2.36. The fraction of sp³-hybridized carbons (Fsp3) is 1.00. The van der Waals surface area contributed by atoms with Crippen molar-refractivity contribution < 1.29 is 21.5 Å². The van der Waals surface area contributed by atoms with Crippen LogP contribution in [0.4, 0.5) is 0 Å². The second kappa shape index (κ2) is 4.62. The van der Waals surface area contributed by atoms with Gasteiger partial charge in [-0.1, -0.05) is 6.92 Å². The van der Waals surface area contributed by atoms with Crippen molar-refractivity contribution in [1.82, 2.24) is 0 Å². The maximum atomic E-state index is 3.66. The van der Waals surface area contributed by atoms with Gasteiger partial charge in [-0.05, 0) is 15.9 Å². The molecule has 10 heavy (non-hydrogen) atoms. The molecule has 0 radical (unpaired) electrons. The third-order valence-corrected chi connectivity index (χ3v) is 5.24. The Hall–Kier alpha value is 1.65. The van der Waals surface area contributed by atoms with Crippen molar-refractivity contribution in [1.29, 1.82) is 0 Å². The lowest BCUT2D eigenvalue weighted by Crippen LogP contribution is -3.00. The fourth-order valence-electron chi connectivity index (χ4n) is 0.474. The third kappa shape index (κ3) is 3.88. The zero-order chi connectivity index (χ0) is 7.71. The van der Waals surface area contributed by atoms with Gasteiger partial charge in [-0.3, -0.25) is 0 Å². The minimum atomic E-state index is 0. The fourth-order valence-corrected chi connectivity index (χ4v) is 0.474. The minimum absolute atomic E-state index is 0. The van der Waals surface area contributed by atoms with Crippen molar-refractivity contribution >= 4 is 38.5 Å². The monoisotopic (exact) mass is 385 g/mol. The predicted octanol–water partition coefficient (Wildman–Crippen LogP) is -0.410. The molecule has 0 aromatic rings. The molecule has 0 spiro atoms. The molecule has 0 bridgehead atoms. The summed E-state index contributed by atoms with van der Waals surface area (Å²) < 4.78 is 1.15. The van der Waals surface area contributed by atoms with Gasteiger partial charge in [-0.2, -0.15) is 0 Å². The van der Waals surface area contributed by atoms with Crippen molar-refractivity contribution in [2.45, 2.75) is 15.8 Å². The summed E-state index contributed by atoms with van der Waals surface area (Å²) in [6, 6.07) is 0. The van der Waals surface area contributed by atoms with Crippen LogP contribution in [0.1, 0.15) is 13.3 Å². The molecule has 4 heteroatoms. The molecule has 0 aliphatic rings. The smallest absolute Gasteiger partial charge is 0.202 e. The molecule has 0 N–H and O–H groups in total. The Balaban J connectivity index is 0. The van der Waals surface area contributed by atoms with Crippen LogP contribution in [0.3, 0.4) is 0 Å². The van der Waals surface area contributed by atoms with E-state index in [2.05, 4.69) is 66.6 Å². The number of hydrogen-bond acceptors (Lipinski definition) is 0. The van der Waals surface area contributed by atoms with Gasteiger partial charge in [0.15, 0.2) is 0 Å². The van der Waals surface area contributed by atoms with Crippen LogP contribution in [0.2, 0.25) is 0 Å². The number of nitrogens with zero attached hydrogens (tertiary/aromatic N) is 1. The molecule has 0 fully saturated rings. The summed E-state index contributed by atoms with van der Waals surface area (Å²) in [6.45, 7) is 2.19. The van der Waals surface area contributed by atoms with Gasteiger partial charge in [0.25, 0.3) is 0 Å². The second-order valence-corrected chi connectivity index (χ2v) is 7.61. The first-order valence-electron chi connectivity index (χ1n) is 3.00. The molecule has 0 saturated carbocycles. The van der Waals surface area contributed by atoms with E-state index in [1.54, 1.807) is 0 Å². The molecule has 0 rings (SSSR count). The quantitative estimate of drug-likeness (QED) is 0.262. The van der Waals surface area contributed by atoms with Crippen LogP contribution >= 0.6 is 38.5 Å². The number of quaternary nitrogens is 1. The Bertz CT molecular complexity index is 98.4. The first kappa shape index (κ1) is 14.2. The summed E-state index contributed by atoms with van der Waals surface area (Å²) in [5.74, 6) is 0. The Morgan fingerprint density at radius 3 is 1.70 bits per heavy atom. The first-order valence-corrected chi connectivity index (χ1v) is 4.88. The molecule has 1 nitrogen and oxygen atoms in total. The maximum absolute atomic E-state index is 3.66. The SMILES string of the molecule is CCC(Br)(I)[N+](C)(C)C.[Br-]. The molecule has 0 heterocycles. The van der Waals surface area contributed by atoms with Gasteiger partial charge in [0, 0.05) is 29.0 Å². The average Bonchev–Trinajstić information content (AvgIpc) is 1.64. The Kier molecular flexibility index (Phi) is 6.56. The molecule has 0 aliphatic heterocycles. The Morgan fingerprint density at radius 2 is 1.70 bits per heavy atom. The molecular weight excluding hydrogens is 373 g/mol. The van der Waals surface area contributed by atoms with Crippen molar-refractivity contribution in [3.8, 4) is 0 Å². The average molecular weight is 387 g/mol. The van der Waals surface area contributed by atoms with Crippen LogP contribution in [-0.4, -0.2) is 28.1 Å². The number of alkyl halides is 2. The predicted molar refractivity (Wildman–Crippen MR) is 54.0 cm³/mol. The van der Waals surface area contributed by atoms with Crippen molar-refractivity contribution in [2.75, 3.05) is 21.1 Å². The van der Waals surface area contributed by atoms with E-state index in [0.29, 0.717) is 0 Å². The van der Waals surface area contributed by atoms with Crippen LogP contribution < -0.4 is 17.0 Å². The zero-order valence-corrected chi connectivity index (χ0v) is 12.1. The molecule has 1 unspecified atom stereocenters. The summed E-state index contributed by atoms with van der Waals surface area (Å²) in [5, 5.41) is 0. The second-order valence-electron chi connectivity index (χ2n) is 3.03. The lowest BCUT2D eigenvalue weighted by Gasteiger charge is -2.37. The molecule has 0 aromatic heterocycles. The van der Waals surface area contributed by atoms with E-state index in [0.717, 1.165) is 10.9 Å². The normalized spacial score (nSPS) is 17.4. The van der Waals surface area contributed by atoms with Gasteiger partial charge in [-0.25, -0.2) is 0 Å². The summed E-state index contributed by atoms with van der Waals surface area (Å²) in [5.41, 5.74) is 0. The van der Waals surface area contributed by atoms with E-state index in [1.165, 1.54) is 0 Å². The summed E-state index contributed by atoms with van der Waals surface area (Å²) in [6.07, 6.45) is 1.14. The molecule has 0 aromatic carbocycles. The van der Waals surface area contributed by atoms with Crippen LogP contribution in [0.15, 0.2) is 0 Å². The molecule has 0 amide bonds. The van der Waals surface area contributed by atoms with Crippen molar-refractivity contribution in [3.05, 3.63) is 0 Å². The molecule has 1 atom stereocenters. The van der Waals surface area contributed by atoms with Crippen molar-refractivity contribution in [2.24, 2.45) is 0 Å². The van der Waals surface area contributed by atoms with Crippen LogP contribution in [-0.2, 0) is 0 Å². The number of rotatable bonds is 2. The van der Waals surface area contributed by atoms with Crippen molar-refractivity contribution in [3.63, 3.8) is 0 Å². The molecule has 0 saturated heterocycles. The molecule has 0 aliphatic carbocycles. The first-order chi connectivity index (χ1) is 3.81. The number of hydrogen-bond donors (Lipinski definition) is 0. The van der Waals surface area contributed by atoms with Crippen LogP contribution in [0, 0.1) is 0 Å².